The maximum atomic E-state index is 11.6. The number of hydrogen-bond donors (Lipinski definition) is 1. The lowest BCUT2D eigenvalue weighted by molar-refractivity contribution is 0.264. The van der Waals surface area contributed by atoms with Crippen LogP contribution in [0.5, 0.6) is 11.5 Å². The van der Waals surface area contributed by atoms with E-state index in [4.69, 9.17) is 21.1 Å². The van der Waals surface area contributed by atoms with Crippen LogP contribution in [-0.2, 0) is 0 Å². The van der Waals surface area contributed by atoms with E-state index in [9.17, 15) is 4.79 Å². The van der Waals surface area contributed by atoms with E-state index < -0.39 is 0 Å². The minimum atomic E-state index is -0.0938. The van der Waals surface area contributed by atoms with Crippen LogP contribution < -0.4 is 14.9 Å². The third kappa shape index (κ3) is 4.83. The first kappa shape index (κ1) is 15.4. The van der Waals surface area contributed by atoms with E-state index >= 15 is 0 Å². The van der Waals surface area contributed by atoms with Crippen molar-refractivity contribution in [2.24, 2.45) is 0 Å². The van der Waals surface area contributed by atoms with Crippen LogP contribution in [0.15, 0.2) is 41.3 Å². The summed E-state index contributed by atoms with van der Waals surface area (Å²) in [7, 11) is 0. The van der Waals surface area contributed by atoms with Crippen LogP contribution in [0.25, 0.3) is 0 Å². The number of H-pyrrole nitrogens is 1. The molecule has 5 heteroatoms. The van der Waals surface area contributed by atoms with E-state index in [1.165, 1.54) is 6.07 Å². The molecule has 4 nitrogen and oxygen atoms in total. The molecule has 0 unspecified atom stereocenters. The van der Waals surface area contributed by atoms with E-state index in [-0.39, 0.29) is 5.43 Å². The first-order valence-electron chi connectivity index (χ1n) is 6.86. The lowest BCUT2D eigenvalue weighted by Crippen LogP contribution is -2.11. The smallest absolute Gasteiger partial charge is 0.223 e. The Morgan fingerprint density at radius 1 is 1.05 bits per heavy atom. The molecular weight excluding hydrogens is 290 g/mol. The Morgan fingerprint density at radius 2 is 1.71 bits per heavy atom. The molecule has 0 saturated heterocycles. The van der Waals surface area contributed by atoms with Crippen molar-refractivity contribution in [3.63, 3.8) is 0 Å². The number of halogens is 1. The Labute approximate surface area is 128 Å². The van der Waals surface area contributed by atoms with E-state index in [1.807, 2.05) is 19.1 Å². The van der Waals surface area contributed by atoms with Crippen molar-refractivity contribution >= 4 is 11.6 Å². The van der Waals surface area contributed by atoms with Crippen molar-refractivity contribution in [1.82, 2.24) is 4.98 Å². The highest BCUT2D eigenvalue weighted by molar-refractivity contribution is 6.30. The van der Waals surface area contributed by atoms with Gasteiger partial charge >= 0.3 is 0 Å². The topological polar surface area (TPSA) is 51.3 Å². The van der Waals surface area contributed by atoms with Gasteiger partial charge in [-0.15, -0.1) is 0 Å². The summed E-state index contributed by atoms with van der Waals surface area (Å²) in [6.07, 6.45) is 3.29. The molecule has 112 valence electrons. The third-order valence-electron chi connectivity index (χ3n) is 2.97. The summed E-state index contributed by atoms with van der Waals surface area (Å²) in [6, 6.07) is 8.73. The minimum Gasteiger partial charge on any atom is -0.494 e. The zero-order valence-electron chi connectivity index (χ0n) is 11.9. The minimum absolute atomic E-state index is 0.0938. The number of aromatic nitrogens is 1. The lowest BCUT2D eigenvalue weighted by atomic mass is 10.3. The van der Waals surface area contributed by atoms with E-state index in [0.29, 0.717) is 24.0 Å². The van der Waals surface area contributed by atoms with Gasteiger partial charge in [-0.2, -0.15) is 0 Å². The normalized spacial score (nSPS) is 10.4. The first-order chi connectivity index (χ1) is 10.2. The summed E-state index contributed by atoms with van der Waals surface area (Å²) in [5.74, 6) is 1.20. The Balaban J connectivity index is 1.66. The molecule has 0 saturated carbocycles. The molecular formula is C16H18ClNO3. The van der Waals surface area contributed by atoms with Gasteiger partial charge in [0.05, 0.1) is 18.9 Å². The third-order valence-corrected chi connectivity index (χ3v) is 3.22. The molecule has 1 aromatic carbocycles. The number of unbranched alkanes of at least 4 members (excludes halogenated alkanes) is 1. The zero-order valence-corrected chi connectivity index (χ0v) is 12.7. The highest BCUT2D eigenvalue weighted by atomic mass is 35.5. The predicted molar refractivity (Wildman–Crippen MR) is 83.5 cm³/mol. The number of aryl methyl sites for hydroxylation is 1. The molecule has 0 aliphatic rings. The van der Waals surface area contributed by atoms with Gasteiger partial charge < -0.3 is 14.5 Å². The number of aromatic amines is 1. The second kappa shape index (κ2) is 7.74. The van der Waals surface area contributed by atoms with Crippen molar-refractivity contribution in [2.45, 2.75) is 19.8 Å². The van der Waals surface area contributed by atoms with Gasteiger partial charge in [-0.05, 0) is 44.0 Å². The van der Waals surface area contributed by atoms with Crippen LogP contribution in [0.4, 0.5) is 0 Å². The quantitative estimate of drug-likeness (QED) is 0.796. The molecule has 0 spiro atoms. The Hall–Kier alpha value is -1.94. The number of rotatable bonds is 7. The summed E-state index contributed by atoms with van der Waals surface area (Å²) in [4.78, 5) is 14.6. The van der Waals surface area contributed by atoms with Crippen molar-refractivity contribution in [1.29, 1.82) is 0 Å². The summed E-state index contributed by atoms with van der Waals surface area (Å²) in [5, 5.41) is 0.694. The molecule has 1 heterocycles. The summed E-state index contributed by atoms with van der Waals surface area (Å²) in [5.41, 5.74) is 0.656. The van der Waals surface area contributed by atoms with Crippen LogP contribution in [0, 0.1) is 6.92 Å². The standard InChI is InChI=1S/C16H18ClNO3/c1-12-16(15(19)8-9-18-12)21-11-3-2-10-20-14-6-4-13(17)5-7-14/h4-9H,2-3,10-11H2,1H3,(H,18,19). The monoisotopic (exact) mass is 307 g/mol. The fraction of sp³-hybridized carbons (Fsp3) is 0.312. The highest BCUT2D eigenvalue weighted by Gasteiger charge is 2.03. The zero-order chi connectivity index (χ0) is 15.1. The highest BCUT2D eigenvalue weighted by Crippen LogP contribution is 2.15. The van der Waals surface area contributed by atoms with Gasteiger partial charge in [0, 0.05) is 17.3 Å². The van der Waals surface area contributed by atoms with Crippen LogP contribution in [0.2, 0.25) is 5.02 Å². The molecule has 0 radical (unpaired) electrons. The fourth-order valence-electron chi connectivity index (χ4n) is 1.85. The van der Waals surface area contributed by atoms with Crippen LogP contribution in [0.3, 0.4) is 0 Å². The van der Waals surface area contributed by atoms with Gasteiger partial charge in [0.2, 0.25) is 5.43 Å². The van der Waals surface area contributed by atoms with Gasteiger partial charge in [0.1, 0.15) is 5.75 Å². The maximum absolute atomic E-state index is 11.6. The molecule has 2 rings (SSSR count). The van der Waals surface area contributed by atoms with Gasteiger partial charge in [-0.3, -0.25) is 4.79 Å². The predicted octanol–water partition coefficient (Wildman–Crippen LogP) is 3.57. The second-order valence-electron chi connectivity index (χ2n) is 4.65. The SMILES string of the molecule is Cc1[nH]ccc(=O)c1OCCCCOc1ccc(Cl)cc1. The van der Waals surface area contributed by atoms with E-state index in [0.717, 1.165) is 24.3 Å². The average Bonchev–Trinajstić information content (AvgIpc) is 2.47. The van der Waals surface area contributed by atoms with Crippen LogP contribution in [-0.4, -0.2) is 18.2 Å². The number of hydrogen-bond acceptors (Lipinski definition) is 3. The summed E-state index contributed by atoms with van der Waals surface area (Å²) in [6.45, 7) is 2.92. The van der Waals surface area contributed by atoms with Gasteiger partial charge in [0.25, 0.3) is 0 Å². The Morgan fingerprint density at radius 3 is 2.38 bits per heavy atom. The molecule has 0 atom stereocenters. The van der Waals surface area contributed by atoms with Gasteiger partial charge in [-0.25, -0.2) is 0 Å². The van der Waals surface area contributed by atoms with Crippen LogP contribution in [0.1, 0.15) is 18.5 Å². The van der Waals surface area contributed by atoms with Gasteiger partial charge in [0.15, 0.2) is 5.75 Å². The molecule has 0 aliphatic carbocycles. The number of benzene rings is 1. The molecule has 1 aromatic heterocycles. The molecule has 1 N–H and O–H groups in total. The largest absolute Gasteiger partial charge is 0.494 e. The Kier molecular flexibility index (Phi) is 5.69. The number of pyridine rings is 1. The molecule has 21 heavy (non-hydrogen) atoms. The van der Waals surface area contributed by atoms with Crippen molar-refractivity contribution < 1.29 is 9.47 Å². The van der Waals surface area contributed by atoms with E-state index in [2.05, 4.69) is 4.98 Å². The molecule has 2 aromatic rings. The average molecular weight is 308 g/mol. The fourth-order valence-corrected chi connectivity index (χ4v) is 1.97. The van der Waals surface area contributed by atoms with Crippen molar-refractivity contribution in [2.75, 3.05) is 13.2 Å². The van der Waals surface area contributed by atoms with Crippen molar-refractivity contribution in [3.8, 4) is 11.5 Å². The maximum Gasteiger partial charge on any atom is 0.223 e. The van der Waals surface area contributed by atoms with Crippen LogP contribution >= 0.6 is 11.6 Å². The lowest BCUT2D eigenvalue weighted by Gasteiger charge is -2.08. The molecule has 0 aliphatic heterocycles. The second-order valence-corrected chi connectivity index (χ2v) is 5.09. The summed E-state index contributed by atoms with van der Waals surface area (Å²) < 4.78 is 11.1. The van der Waals surface area contributed by atoms with Crippen molar-refractivity contribution in [3.05, 3.63) is 57.5 Å². The summed E-state index contributed by atoms with van der Waals surface area (Å²) >= 11 is 5.80. The Bertz CT molecular complexity index is 622. The number of ether oxygens (including phenoxy) is 2. The molecule has 0 bridgehead atoms. The van der Waals surface area contributed by atoms with E-state index in [1.54, 1.807) is 18.3 Å². The first-order valence-corrected chi connectivity index (χ1v) is 7.24. The number of nitrogens with one attached hydrogen (secondary N) is 1. The molecule has 0 fully saturated rings. The van der Waals surface area contributed by atoms with Gasteiger partial charge in [-0.1, -0.05) is 11.6 Å². The molecule has 0 amide bonds.